The molecule has 0 aromatic rings. The summed E-state index contributed by atoms with van der Waals surface area (Å²) < 4.78 is 5.42. The van der Waals surface area contributed by atoms with Crippen LogP contribution in [0.5, 0.6) is 0 Å². The summed E-state index contributed by atoms with van der Waals surface area (Å²) in [5, 5.41) is 0. The topological polar surface area (TPSA) is 9.23 Å². The fourth-order valence-corrected chi connectivity index (χ4v) is 1.21. The average Bonchev–Trinajstić information content (AvgIpc) is 1.87. The number of rotatable bonds is 6. The molecule has 2 heteroatoms. The monoisotopic (exact) mass is 178 g/mol. The first-order valence-corrected chi connectivity index (χ1v) is 4.87. The third-order valence-corrected chi connectivity index (χ3v) is 1.88. The van der Waals surface area contributed by atoms with Crippen molar-refractivity contribution in [3.63, 3.8) is 0 Å². The van der Waals surface area contributed by atoms with Gasteiger partial charge in [-0.2, -0.15) is 0 Å². The van der Waals surface area contributed by atoms with Crippen molar-refractivity contribution >= 4 is 11.6 Å². The summed E-state index contributed by atoms with van der Waals surface area (Å²) in [5.74, 6) is 1.47. The quantitative estimate of drug-likeness (QED) is 0.568. The van der Waals surface area contributed by atoms with Crippen molar-refractivity contribution in [3.8, 4) is 0 Å². The molecule has 1 atom stereocenters. The van der Waals surface area contributed by atoms with E-state index in [1.54, 1.807) is 0 Å². The molecule has 0 amide bonds. The number of ether oxygens (including phenoxy) is 1. The van der Waals surface area contributed by atoms with E-state index in [1.807, 2.05) is 0 Å². The fourth-order valence-electron chi connectivity index (χ4n) is 0.836. The van der Waals surface area contributed by atoms with Gasteiger partial charge in [0.25, 0.3) is 0 Å². The summed E-state index contributed by atoms with van der Waals surface area (Å²) >= 11 is 5.60. The highest BCUT2D eigenvalue weighted by Gasteiger charge is 2.01. The SMILES string of the molecule is CC(CCCl)CCOC(C)C. The van der Waals surface area contributed by atoms with Gasteiger partial charge in [0.1, 0.15) is 0 Å². The van der Waals surface area contributed by atoms with Crippen LogP contribution < -0.4 is 0 Å². The third kappa shape index (κ3) is 8.15. The van der Waals surface area contributed by atoms with Crippen LogP contribution in [-0.2, 0) is 4.74 Å². The zero-order valence-electron chi connectivity index (χ0n) is 7.77. The first-order chi connectivity index (χ1) is 5.16. The van der Waals surface area contributed by atoms with Gasteiger partial charge in [0.2, 0.25) is 0 Å². The molecular formula is C9H19ClO. The first-order valence-electron chi connectivity index (χ1n) is 4.34. The van der Waals surface area contributed by atoms with Gasteiger partial charge in [-0.3, -0.25) is 0 Å². The minimum Gasteiger partial charge on any atom is -0.379 e. The van der Waals surface area contributed by atoms with Crippen molar-refractivity contribution in [1.82, 2.24) is 0 Å². The van der Waals surface area contributed by atoms with Gasteiger partial charge in [-0.15, -0.1) is 11.6 Å². The van der Waals surface area contributed by atoms with Crippen LogP contribution in [0, 0.1) is 5.92 Å². The molecule has 0 fully saturated rings. The standard InChI is InChI=1S/C9H19ClO/c1-8(2)11-7-5-9(3)4-6-10/h8-9H,4-7H2,1-3H3. The Balaban J connectivity index is 3.10. The first kappa shape index (κ1) is 11.2. The molecule has 0 aliphatic carbocycles. The van der Waals surface area contributed by atoms with Crippen LogP contribution >= 0.6 is 11.6 Å². The Kier molecular flexibility index (Phi) is 7.09. The average molecular weight is 179 g/mol. The van der Waals surface area contributed by atoms with Crippen LogP contribution in [0.2, 0.25) is 0 Å². The van der Waals surface area contributed by atoms with E-state index in [0.29, 0.717) is 12.0 Å². The Bertz CT molecular complexity index is 83.6. The smallest absolute Gasteiger partial charge is 0.0518 e. The molecule has 0 aromatic carbocycles. The Labute approximate surface area is 75.1 Å². The zero-order chi connectivity index (χ0) is 8.69. The molecule has 0 heterocycles. The van der Waals surface area contributed by atoms with Gasteiger partial charge in [0, 0.05) is 12.5 Å². The van der Waals surface area contributed by atoms with Crippen molar-refractivity contribution in [2.24, 2.45) is 5.92 Å². The van der Waals surface area contributed by atoms with E-state index >= 15 is 0 Å². The molecule has 11 heavy (non-hydrogen) atoms. The van der Waals surface area contributed by atoms with Gasteiger partial charge < -0.3 is 4.74 Å². The van der Waals surface area contributed by atoms with E-state index in [1.165, 1.54) is 0 Å². The third-order valence-electron chi connectivity index (χ3n) is 1.66. The summed E-state index contributed by atoms with van der Waals surface area (Å²) in [6.45, 7) is 7.21. The summed E-state index contributed by atoms with van der Waals surface area (Å²) in [5.41, 5.74) is 0. The molecule has 0 radical (unpaired) electrons. The zero-order valence-corrected chi connectivity index (χ0v) is 8.53. The maximum atomic E-state index is 5.60. The van der Waals surface area contributed by atoms with E-state index in [4.69, 9.17) is 16.3 Å². The Morgan fingerprint density at radius 1 is 1.18 bits per heavy atom. The van der Waals surface area contributed by atoms with Gasteiger partial charge in [0.15, 0.2) is 0 Å². The number of halogens is 1. The van der Waals surface area contributed by atoms with Crippen molar-refractivity contribution in [2.45, 2.75) is 39.7 Å². The highest BCUT2D eigenvalue weighted by Crippen LogP contribution is 2.08. The molecule has 0 rings (SSSR count). The van der Waals surface area contributed by atoms with Gasteiger partial charge in [-0.05, 0) is 32.6 Å². The Morgan fingerprint density at radius 3 is 2.27 bits per heavy atom. The normalized spacial score (nSPS) is 13.9. The van der Waals surface area contributed by atoms with Gasteiger partial charge in [-0.1, -0.05) is 6.92 Å². The molecule has 1 unspecified atom stereocenters. The highest BCUT2D eigenvalue weighted by atomic mass is 35.5. The Hall–Kier alpha value is 0.250. The summed E-state index contributed by atoms with van der Waals surface area (Å²) in [4.78, 5) is 0. The van der Waals surface area contributed by atoms with E-state index in [9.17, 15) is 0 Å². The second kappa shape index (κ2) is 6.93. The van der Waals surface area contributed by atoms with E-state index < -0.39 is 0 Å². The van der Waals surface area contributed by atoms with Crippen molar-refractivity contribution < 1.29 is 4.74 Å². The molecule has 0 aliphatic heterocycles. The minimum absolute atomic E-state index is 0.359. The van der Waals surface area contributed by atoms with Crippen molar-refractivity contribution in [3.05, 3.63) is 0 Å². The number of hydrogen-bond donors (Lipinski definition) is 0. The molecular weight excluding hydrogens is 160 g/mol. The van der Waals surface area contributed by atoms with Crippen LogP contribution in [-0.4, -0.2) is 18.6 Å². The lowest BCUT2D eigenvalue weighted by atomic mass is 10.1. The summed E-state index contributed by atoms with van der Waals surface area (Å²) in [6.07, 6.45) is 2.59. The lowest BCUT2D eigenvalue weighted by molar-refractivity contribution is 0.0695. The molecule has 0 saturated heterocycles. The van der Waals surface area contributed by atoms with Crippen LogP contribution in [0.25, 0.3) is 0 Å². The predicted octanol–water partition coefficient (Wildman–Crippen LogP) is 3.07. The van der Waals surface area contributed by atoms with Crippen LogP contribution in [0.3, 0.4) is 0 Å². The summed E-state index contributed by atoms with van der Waals surface area (Å²) in [7, 11) is 0. The maximum Gasteiger partial charge on any atom is 0.0518 e. The van der Waals surface area contributed by atoms with Gasteiger partial charge >= 0.3 is 0 Å². The van der Waals surface area contributed by atoms with E-state index in [-0.39, 0.29) is 0 Å². The molecule has 0 spiro atoms. The lowest BCUT2D eigenvalue weighted by Gasteiger charge is -2.11. The van der Waals surface area contributed by atoms with Gasteiger partial charge in [-0.25, -0.2) is 0 Å². The molecule has 68 valence electrons. The molecule has 0 aromatic heterocycles. The van der Waals surface area contributed by atoms with Crippen LogP contribution in [0.15, 0.2) is 0 Å². The number of hydrogen-bond acceptors (Lipinski definition) is 1. The predicted molar refractivity (Wildman–Crippen MR) is 50.2 cm³/mol. The van der Waals surface area contributed by atoms with Crippen LogP contribution in [0.1, 0.15) is 33.6 Å². The molecule has 0 aliphatic rings. The summed E-state index contributed by atoms with van der Waals surface area (Å²) in [6, 6.07) is 0. The fraction of sp³-hybridized carbons (Fsp3) is 1.00. The lowest BCUT2D eigenvalue weighted by Crippen LogP contribution is -2.07. The number of alkyl halides is 1. The molecule has 0 bridgehead atoms. The molecule has 0 saturated carbocycles. The largest absolute Gasteiger partial charge is 0.379 e. The molecule has 0 N–H and O–H groups in total. The van der Waals surface area contributed by atoms with E-state index in [2.05, 4.69) is 20.8 Å². The maximum absolute atomic E-state index is 5.60. The van der Waals surface area contributed by atoms with Crippen molar-refractivity contribution in [1.29, 1.82) is 0 Å². The highest BCUT2D eigenvalue weighted by molar-refractivity contribution is 6.17. The Morgan fingerprint density at radius 2 is 1.82 bits per heavy atom. The van der Waals surface area contributed by atoms with E-state index in [0.717, 1.165) is 25.3 Å². The van der Waals surface area contributed by atoms with Crippen LogP contribution in [0.4, 0.5) is 0 Å². The van der Waals surface area contributed by atoms with Crippen molar-refractivity contribution in [2.75, 3.05) is 12.5 Å². The molecule has 1 nitrogen and oxygen atoms in total. The minimum atomic E-state index is 0.359. The van der Waals surface area contributed by atoms with Gasteiger partial charge in [0.05, 0.1) is 6.10 Å². The second-order valence-corrected chi connectivity index (χ2v) is 3.67. The second-order valence-electron chi connectivity index (χ2n) is 3.29.